The van der Waals surface area contributed by atoms with Crippen LogP contribution >= 0.6 is 0 Å². The number of amides is 1. The predicted molar refractivity (Wildman–Crippen MR) is 51.1 cm³/mol. The Balaban J connectivity index is 1.95. The van der Waals surface area contributed by atoms with Gasteiger partial charge < -0.3 is 10.6 Å². The molecule has 1 aliphatic carbocycles. The molecule has 0 aromatic rings. The van der Waals surface area contributed by atoms with Crippen LogP contribution in [0.25, 0.3) is 0 Å². The minimum Gasteiger partial charge on any atom is -0.341 e. The summed E-state index contributed by atoms with van der Waals surface area (Å²) in [7, 11) is 0. The lowest BCUT2D eigenvalue weighted by Gasteiger charge is -2.19. The molecule has 2 aliphatic rings. The normalized spacial score (nSPS) is 34.8. The van der Waals surface area contributed by atoms with Crippen LogP contribution in [-0.4, -0.2) is 29.9 Å². The van der Waals surface area contributed by atoms with Crippen LogP contribution in [0.5, 0.6) is 0 Å². The van der Waals surface area contributed by atoms with Gasteiger partial charge in [-0.3, -0.25) is 4.79 Å². The molecule has 0 bridgehead atoms. The fraction of sp³-hybridized carbons (Fsp3) is 0.900. The maximum Gasteiger partial charge on any atom is 0.239 e. The molecule has 1 amide bonds. The van der Waals surface area contributed by atoms with Gasteiger partial charge in [0.05, 0.1) is 6.04 Å². The number of fused-ring (bicyclic) bond motifs is 1. The Morgan fingerprint density at radius 3 is 2.38 bits per heavy atom. The highest BCUT2D eigenvalue weighted by molar-refractivity contribution is 5.81. The zero-order valence-electron chi connectivity index (χ0n) is 8.20. The van der Waals surface area contributed by atoms with Crippen molar-refractivity contribution in [1.29, 1.82) is 0 Å². The van der Waals surface area contributed by atoms with Crippen molar-refractivity contribution in [2.24, 2.45) is 17.6 Å². The standard InChI is InChI=1S/C10H18N2O/c1-7(11)10(13)12-5-8-3-2-4-9(8)6-12/h7-9H,2-6,11H2,1H3/t7-,8?,9?/m0/s1. The first kappa shape index (κ1) is 9.00. The van der Waals surface area contributed by atoms with Gasteiger partial charge in [-0.05, 0) is 31.6 Å². The molecular weight excluding hydrogens is 164 g/mol. The van der Waals surface area contributed by atoms with Crippen molar-refractivity contribution in [2.75, 3.05) is 13.1 Å². The van der Waals surface area contributed by atoms with Gasteiger partial charge in [0.2, 0.25) is 5.91 Å². The number of likely N-dealkylation sites (tertiary alicyclic amines) is 1. The summed E-state index contributed by atoms with van der Waals surface area (Å²) < 4.78 is 0. The van der Waals surface area contributed by atoms with Crippen LogP contribution < -0.4 is 5.73 Å². The average Bonchev–Trinajstić information content (AvgIpc) is 2.59. The van der Waals surface area contributed by atoms with Gasteiger partial charge in [0, 0.05) is 13.1 Å². The second kappa shape index (κ2) is 3.29. The fourth-order valence-electron chi connectivity index (χ4n) is 2.70. The van der Waals surface area contributed by atoms with Gasteiger partial charge in [0.1, 0.15) is 0 Å². The molecule has 2 fully saturated rings. The SMILES string of the molecule is C[C@H](N)C(=O)N1CC2CCCC2C1. The average molecular weight is 182 g/mol. The Morgan fingerprint density at radius 2 is 1.92 bits per heavy atom. The highest BCUT2D eigenvalue weighted by atomic mass is 16.2. The molecule has 1 aliphatic heterocycles. The zero-order chi connectivity index (χ0) is 9.42. The van der Waals surface area contributed by atoms with Crippen LogP contribution in [0.2, 0.25) is 0 Å². The third kappa shape index (κ3) is 1.57. The lowest BCUT2D eigenvalue weighted by Crippen LogP contribution is -2.41. The van der Waals surface area contributed by atoms with E-state index in [-0.39, 0.29) is 11.9 Å². The molecule has 1 saturated carbocycles. The summed E-state index contributed by atoms with van der Waals surface area (Å²) in [6.07, 6.45) is 3.98. The highest BCUT2D eigenvalue weighted by Gasteiger charge is 2.38. The minimum atomic E-state index is -0.321. The van der Waals surface area contributed by atoms with Gasteiger partial charge in [0.25, 0.3) is 0 Å². The van der Waals surface area contributed by atoms with Crippen LogP contribution in [0.1, 0.15) is 26.2 Å². The number of carbonyl (C=O) groups excluding carboxylic acids is 1. The van der Waals surface area contributed by atoms with E-state index in [1.165, 1.54) is 19.3 Å². The van der Waals surface area contributed by atoms with E-state index in [1.54, 1.807) is 6.92 Å². The van der Waals surface area contributed by atoms with Gasteiger partial charge in [-0.25, -0.2) is 0 Å². The minimum absolute atomic E-state index is 0.134. The molecule has 1 saturated heterocycles. The van der Waals surface area contributed by atoms with E-state index >= 15 is 0 Å². The first-order chi connectivity index (χ1) is 6.18. The maximum absolute atomic E-state index is 11.6. The predicted octanol–water partition coefficient (Wildman–Crippen LogP) is 0.592. The van der Waals surface area contributed by atoms with E-state index < -0.39 is 0 Å². The second-order valence-electron chi connectivity index (χ2n) is 4.48. The molecule has 2 unspecified atom stereocenters. The smallest absolute Gasteiger partial charge is 0.239 e. The van der Waals surface area contributed by atoms with E-state index in [2.05, 4.69) is 0 Å². The summed E-state index contributed by atoms with van der Waals surface area (Å²) in [6, 6.07) is -0.321. The summed E-state index contributed by atoms with van der Waals surface area (Å²) >= 11 is 0. The van der Waals surface area contributed by atoms with Crippen LogP contribution in [-0.2, 0) is 4.79 Å². The number of carbonyl (C=O) groups is 1. The van der Waals surface area contributed by atoms with Crippen molar-refractivity contribution >= 4 is 5.91 Å². The maximum atomic E-state index is 11.6. The molecule has 2 N–H and O–H groups in total. The molecule has 1 heterocycles. The van der Waals surface area contributed by atoms with Crippen molar-refractivity contribution in [3.63, 3.8) is 0 Å². The third-order valence-electron chi connectivity index (χ3n) is 3.43. The van der Waals surface area contributed by atoms with Crippen LogP contribution in [0.4, 0.5) is 0 Å². The Labute approximate surface area is 79.3 Å². The monoisotopic (exact) mass is 182 g/mol. The van der Waals surface area contributed by atoms with Crippen molar-refractivity contribution in [3.8, 4) is 0 Å². The largest absolute Gasteiger partial charge is 0.341 e. The lowest BCUT2D eigenvalue weighted by atomic mass is 10.0. The Hall–Kier alpha value is -0.570. The molecule has 3 heteroatoms. The van der Waals surface area contributed by atoms with Crippen LogP contribution in [0.15, 0.2) is 0 Å². The van der Waals surface area contributed by atoms with Gasteiger partial charge in [-0.1, -0.05) is 6.42 Å². The third-order valence-corrected chi connectivity index (χ3v) is 3.43. The Bertz CT molecular complexity index is 203. The van der Waals surface area contributed by atoms with Gasteiger partial charge in [0.15, 0.2) is 0 Å². The van der Waals surface area contributed by atoms with E-state index in [4.69, 9.17) is 5.73 Å². The number of hydrogen-bond donors (Lipinski definition) is 1. The summed E-state index contributed by atoms with van der Waals surface area (Å²) in [5.41, 5.74) is 5.57. The van der Waals surface area contributed by atoms with Crippen molar-refractivity contribution < 1.29 is 4.79 Å². The van der Waals surface area contributed by atoms with Crippen LogP contribution in [0, 0.1) is 11.8 Å². The van der Waals surface area contributed by atoms with E-state index in [0.717, 1.165) is 24.9 Å². The number of rotatable bonds is 1. The molecule has 0 radical (unpaired) electrons. The first-order valence-electron chi connectivity index (χ1n) is 5.23. The summed E-state index contributed by atoms with van der Waals surface area (Å²) in [5.74, 6) is 1.69. The summed E-state index contributed by atoms with van der Waals surface area (Å²) in [6.45, 7) is 3.70. The molecule has 0 spiro atoms. The highest BCUT2D eigenvalue weighted by Crippen LogP contribution is 2.37. The van der Waals surface area contributed by atoms with Crippen LogP contribution in [0.3, 0.4) is 0 Å². The fourth-order valence-corrected chi connectivity index (χ4v) is 2.70. The van der Waals surface area contributed by atoms with Crippen molar-refractivity contribution in [2.45, 2.75) is 32.2 Å². The zero-order valence-corrected chi connectivity index (χ0v) is 8.20. The molecule has 3 atom stereocenters. The van der Waals surface area contributed by atoms with Crippen molar-refractivity contribution in [1.82, 2.24) is 4.90 Å². The molecular formula is C10H18N2O. The van der Waals surface area contributed by atoms with Gasteiger partial charge in [-0.15, -0.1) is 0 Å². The summed E-state index contributed by atoms with van der Waals surface area (Å²) in [4.78, 5) is 13.5. The number of nitrogens with zero attached hydrogens (tertiary/aromatic N) is 1. The number of hydrogen-bond acceptors (Lipinski definition) is 2. The summed E-state index contributed by atoms with van der Waals surface area (Å²) in [5, 5.41) is 0. The lowest BCUT2D eigenvalue weighted by molar-refractivity contribution is -0.131. The second-order valence-corrected chi connectivity index (χ2v) is 4.48. The molecule has 0 aromatic heterocycles. The molecule has 2 rings (SSSR count). The van der Waals surface area contributed by atoms with Crippen molar-refractivity contribution in [3.05, 3.63) is 0 Å². The Kier molecular flexibility index (Phi) is 2.28. The topological polar surface area (TPSA) is 46.3 Å². The first-order valence-corrected chi connectivity index (χ1v) is 5.23. The van der Waals surface area contributed by atoms with E-state index in [0.29, 0.717) is 0 Å². The molecule has 13 heavy (non-hydrogen) atoms. The quantitative estimate of drug-likeness (QED) is 0.645. The van der Waals surface area contributed by atoms with Gasteiger partial charge >= 0.3 is 0 Å². The number of nitrogens with two attached hydrogens (primary N) is 1. The Morgan fingerprint density at radius 1 is 1.38 bits per heavy atom. The van der Waals surface area contributed by atoms with E-state index in [1.807, 2.05) is 4.90 Å². The molecule has 0 aromatic carbocycles. The van der Waals surface area contributed by atoms with Gasteiger partial charge in [-0.2, -0.15) is 0 Å². The molecule has 74 valence electrons. The van der Waals surface area contributed by atoms with E-state index in [9.17, 15) is 4.79 Å². The molecule has 3 nitrogen and oxygen atoms in total.